The maximum Gasteiger partial charge on any atom is 0.494 e. The second kappa shape index (κ2) is 17.0. The first-order chi connectivity index (χ1) is 18.6. The van der Waals surface area contributed by atoms with Crippen LogP contribution in [-0.4, -0.2) is 60.9 Å². The third-order valence-corrected chi connectivity index (χ3v) is 6.89. The number of nitrogens with zero attached hydrogens (tertiary/aromatic N) is 1. The van der Waals surface area contributed by atoms with E-state index in [-0.39, 0.29) is 36.7 Å². The normalized spacial score (nSPS) is 20.6. The van der Waals surface area contributed by atoms with Crippen LogP contribution in [0, 0.1) is 5.92 Å². The fourth-order valence-electron chi connectivity index (χ4n) is 4.11. The number of carbonyl (C=O) groups is 2. The molecule has 1 aliphatic heterocycles. The van der Waals surface area contributed by atoms with Crippen LogP contribution >= 0.6 is 23.3 Å². The van der Waals surface area contributed by atoms with Gasteiger partial charge < -0.3 is 30.1 Å². The lowest BCUT2D eigenvalue weighted by atomic mass is 9.79. The highest BCUT2D eigenvalue weighted by Gasteiger charge is 2.51. The Balaban J connectivity index is 0.000000856. The number of aromatic nitrogens is 2. The molecule has 0 bridgehead atoms. The van der Waals surface area contributed by atoms with Crippen molar-refractivity contribution in [3.63, 3.8) is 0 Å². The van der Waals surface area contributed by atoms with Gasteiger partial charge in [0.25, 0.3) is 0 Å². The summed E-state index contributed by atoms with van der Waals surface area (Å²) in [7, 11) is 1.34. The fraction of sp³-hybridized carbons (Fsp3) is 0.593. The molecule has 1 aliphatic carbocycles. The summed E-state index contributed by atoms with van der Waals surface area (Å²) in [4.78, 5) is 27.3. The lowest BCUT2D eigenvalue weighted by Crippen LogP contribution is -2.41. The van der Waals surface area contributed by atoms with Crippen molar-refractivity contribution in [2.75, 3.05) is 13.7 Å². The van der Waals surface area contributed by atoms with Gasteiger partial charge in [-0.1, -0.05) is 44.5 Å². The van der Waals surface area contributed by atoms with Gasteiger partial charge >= 0.3 is 7.12 Å². The predicted octanol–water partition coefficient (Wildman–Crippen LogP) is 3.91. The van der Waals surface area contributed by atoms with Crippen LogP contribution in [0.2, 0.25) is 0 Å². The summed E-state index contributed by atoms with van der Waals surface area (Å²) in [5.41, 5.74) is 6.48. The van der Waals surface area contributed by atoms with Gasteiger partial charge in [0, 0.05) is 19.1 Å². The topological polar surface area (TPSA) is 129 Å². The van der Waals surface area contributed by atoms with Gasteiger partial charge in [0.05, 0.1) is 29.7 Å². The lowest BCUT2D eigenvalue weighted by Gasteiger charge is -2.32. The third kappa shape index (κ3) is 10.2. The number of nitrogens with one attached hydrogen (secondary N) is 2. The molecule has 2 unspecified atom stereocenters. The molecule has 0 radical (unpaired) electrons. The number of nitrogens with two attached hydrogens (primary N) is 1. The van der Waals surface area contributed by atoms with Crippen molar-refractivity contribution in [3.8, 4) is 11.3 Å². The molecule has 1 saturated heterocycles. The Morgan fingerprint density at radius 1 is 1.18 bits per heavy atom. The molecule has 2 heterocycles. The van der Waals surface area contributed by atoms with Crippen LogP contribution in [0.1, 0.15) is 72.5 Å². The molecule has 3 atom stereocenters. The van der Waals surface area contributed by atoms with Gasteiger partial charge in [-0.2, -0.15) is 0 Å². The minimum Gasteiger partial charge on any atom is -0.399 e. The molecule has 2 aliphatic rings. The zero-order valence-corrected chi connectivity index (χ0v) is 25.9. The maximum absolute atomic E-state index is 10.6. The Kier molecular flexibility index (Phi) is 15.2. The van der Waals surface area contributed by atoms with E-state index in [1.165, 1.54) is 6.42 Å². The molecule has 4 N–H and O–H groups in total. The Hall–Kier alpha value is -1.99. The van der Waals surface area contributed by atoms with Gasteiger partial charge in [0.1, 0.15) is 5.82 Å². The number of ether oxygens (including phenoxy) is 1. The average molecular weight is 581 g/mol. The highest BCUT2D eigenvalue weighted by atomic mass is 33.1. The van der Waals surface area contributed by atoms with E-state index in [1.54, 1.807) is 7.11 Å². The van der Waals surface area contributed by atoms with Gasteiger partial charge in [-0.25, -0.2) is 4.98 Å². The van der Waals surface area contributed by atoms with Crippen molar-refractivity contribution in [2.24, 2.45) is 11.7 Å². The molecular weight excluding hydrogens is 535 g/mol. The van der Waals surface area contributed by atoms with Gasteiger partial charge in [-0.15, -0.1) is 23.3 Å². The zero-order chi connectivity index (χ0) is 29.6. The molecule has 0 spiro atoms. The molecule has 1 aromatic heterocycles. The van der Waals surface area contributed by atoms with Crippen molar-refractivity contribution in [1.29, 1.82) is 0 Å². The molecule has 1 aromatic carbocycles. The Morgan fingerprint density at radius 3 is 2.21 bits per heavy atom. The van der Waals surface area contributed by atoms with Gasteiger partial charge in [-0.05, 0) is 57.5 Å². The van der Waals surface area contributed by atoms with Gasteiger partial charge in [-0.3, -0.25) is 9.59 Å². The number of hydrogen-bond acceptors (Lipinski definition) is 8. The Bertz CT molecular complexity index is 975. The standard InChI is InChI=1S/C23H32BN3O4.C3H8.CH3NO.H2S2/c1-22(2)23(3,4)31-24(30-22)18-8-6-15(7-9-18)20-12-25-21(27-20)17(13-29-5)10-16-11-19(16)26-14-28;1-3-2;2-1-3;1-2/h6-9,12,14,16-17,19H,10-11,13H2,1-5H3,(H,25,27)(H,26,28);3H2,1-2H3;1H,(H2,2,3);1-2H/t16?,17-,19?;;;/m1.../s1. The van der Waals surface area contributed by atoms with Crippen LogP contribution in [0.3, 0.4) is 0 Å². The zero-order valence-electron chi connectivity index (χ0n) is 24.1. The van der Waals surface area contributed by atoms with Crippen LogP contribution in [0.25, 0.3) is 11.3 Å². The smallest absolute Gasteiger partial charge is 0.399 e. The molecule has 2 fully saturated rings. The number of benzene rings is 1. The second-order valence-electron chi connectivity index (χ2n) is 10.5. The number of hydrogen-bond donors (Lipinski definition) is 5. The maximum atomic E-state index is 10.6. The summed E-state index contributed by atoms with van der Waals surface area (Å²) in [6.45, 7) is 13.1. The summed E-state index contributed by atoms with van der Waals surface area (Å²) in [5.74, 6) is 1.58. The number of primary amides is 1. The summed E-state index contributed by atoms with van der Waals surface area (Å²) in [5, 5.41) is 2.87. The number of amides is 2. The molecule has 2 aromatic rings. The van der Waals surface area contributed by atoms with E-state index in [4.69, 9.17) is 18.8 Å². The predicted molar refractivity (Wildman–Crippen MR) is 164 cm³/mol. The average Bonchev–Trinajstić information content (AvgIpc) is 3.34. The molecule has 12 heteroatoms. The number of rotatable bonds is 9. The first-order valence-corrected chi connectivity index (χ1v) is 14.7. The number of H-pyrrole nitrogens is 1. The SMILES string of the molecule is CCC.COC[C@@H](CC1CC1NC=O)c1ncc(-c2ccc(B3OC(C)(C)C(C)(C)O3)cc2)[nH]1.NC=O.SS. The van der Waals surface area contributed by atoms with E-state index >= 15 is 0 Å². The minimum atomic E-state index is -0.367. The minimum absolute atomic E-state index is 0.172. The second-order valence-corrected chi connectivity index (χ2v) is 10.5. The van der Waals surface area contributed by atoms with E-state index in [9.17, 15) is 4.79 Å². The van der Waals surface area contributed by atoms with Crippen LogP contribution in [0.5, 0.6) is 0 Å². The number of thiol groups is 2. The molecule has 2 amide bonds. The quantitative estimate of drug-likeness (QED) is 0.132. The van der Waals surface area contributed by atoms with Crippen molar-refractivity contribution in [3.05, 3.63) is 36.3 Å². The van der Waals surface area contributed by atoms with Crippen molar-refractivity contribution < 1.29 is 23.6 Å². The van der Waals surface area contributed by atoms with Crippen LogP contribution in [0.4, 0.5) is 0 Å². The van der Waals surface area contributed by atoms with Crippen molar-refractivity contribution in [1.82, 2.24) is 15.3 Å². The molecular formula is C27H45BN4O5S2. The molecule has 218 valence electrons. The number of imidazole rings is 1. The molecule has 39 heavy (non-hydrogen) atoms. The highest BCUT2D eigenvalue weighted by Crippen LogP contribution is 2.39. The number of carbonyl (C=O) groups excluding carboxylic acids is 2. The third-order valence-electron chi connectivity index (χ3n) is 6.89. The molecule has 1 saturated carbocycles. The fourth-order valence-corrected chi connectivity index (χ4v) is 4.11. The van der Waals surface area contributed by atoms with Crippen LogP contribution in [-0.2, 0) is 23.6 Å². The van der Waals surface area contributed by atoms with Crippen LogP contribution in [0.15, 0.2) is 30.5 Å². The summed E-state index contributed by atoms with van der Waals surface area (Å²) >= 11 is 6.44. The largest absolute Gasteiger partial charge is 0.494 e. The monoisotopic (exact) mass is 580 g/mol. The Labute approximate surface area is 244 Å². The van der Waals surface area contributed by atoms with Gasteiger partial charge in [0.2, 0.25) is 12.8 Å². The van der Waals surface area contributed by atoms with Gasteiger partial charge in [0.15, 0.2) is 0 Å². The van der Waals surface area contributed by atoms with E-state index in [1.807, 2.05) is 18.3 Å². The van der Waals surface area contributed by atoms with E-state index < -0.39 is 0 Å². The van der Waals surface area contributed by atoms with E-state index in [0.717, 1.165) is 41.8 Å². The van der Waals surface area contributed by atoms with Crippen molar-refractivity contribution in [2.45, 2.75) is 84.0 Å². The number of methoxy groups -OCH3 is 1. The molecule has 4 rings (SSSR count). The van der Waals surface area contributed by atoms with E-state index in [0.29, 0.717) is 12.5 Å². The summed E-state index contributed by atoms with van der Waals surface area (Å²) < 4.78 is 17.7. The first kappa shape index (κ1) is 35.0. The van der Waals surface area contributed by atoms with Crippen molar-refractivity contribution >= 4 is 48.7 Å². The summed E-state index contributed by atoms with van der Waals surface area (Å²) in [6, 6.07) is 8.51. The highest BCUT2D eigenvalue weighted by molar-refractivity contribution is 8.59. The molecule has 9 nitrogen and oxygen atoms in total. The van der Waals surface area contributed by atoms with E-state index in [2.05, 4.69) is 98.0 Å². The van der Waals surface area contributed by atoms with Crippen LogP contribution < -0.4 is 16.5 Å². The Morgan fingerprint density at radius 2 is 1.72 bits per heavy atom. The number of aromatic amines is 1. The first-order valence-electron chi connectivity index (χ1n) is 13.1. The summed E-state index contributed by atoms with van der Waals surface area (Å²) in [6.07, 6.45) is 6.12. The lowest BCUT2D eigenvalue weighted by molar-refractivity contribution is -0.109.